The summed E-state index contributed by atoms with van der Waals surface area (Å²) in [5.41, 5.74) is 1.11. The first-order chi connectivity index (χ1) is 12.5. The van der Waals surface area contributed by atoms with Crippen LogP contribution in [-0.2, 0) is 4.74 Å². The van der Waals surface area contributed by atoms with E-state index < -0.39 is 11.9 Å². The number of ether oxygens (including phenoxy) is 1. The number of nitrogens with one attached hydrogen (secondary N) is 2. The van der Waals surface area contributed by atoms with Crippen LogP contribution in [0.4, 0.5) is 17.5 Å². The van der Waals surface area contributed by atoms with E-state index in [1.807, 2.05) is 0 Å². The summed E-state index contributed by atoms with van der Waals surface area (Å²) in [6.07, 6.45) is 1.45. The van der Waals surface area contributed by atoms with Crippen molar-refractivity contribution in [2.75, 3.05) is 17.7 Å². The van der Waals surface area contributed by atoms with Gasteiger partial charge in [-0.15, -0.1) is 0 Å². The van der Waals surface area contributed by atoms with Crippen LogP contribution in [0.25, 0.3) is 0 Å². The smallest absolute Gasteiger partial charge is 0.337 e. The summed E-state index contributed by atoms with van der Waals surface area (Å²) in [6, 6.07) is 9.72. The van der Waals surface area contributed by atoms with Gasteiger partial charge in [0.05, 0.1) is 12.7 Å². The summed E-state index contributed by atoms with van der Waals surface area (Å²) in [4.78, 5) is 32.1. The van der Waals surface area contributed by atoms with Gasteiger partial charge in [0.25, 0.3) is 5.91 Å². The minimum absolute atomic E-state index is 0.146. The molecule has 0 bridgehead atoms. The number of aromatic nitrogens is 3. The molecular formula is C17H15N5O4. The number of methoxy groups -OCH3 is 1. The van der Waals surface area contributed by atoms with E-state index in [-0.39, 0.29) is 11.6 Å². The van der Waals surface area contributed by atoms with E-state index in [1.54, 1.807) is 37.3 Å². The highest BCUT2D eigenvalue weighted by Crippen LogP contribution is 2.16. The molecule has 0 saturated carbocycles. The first kappa shape index (κ1) is 17.1. The average Bonchev–Trinajstić information content (AvgIpc) is 3.06. The fraction of sp³-hybridized carbons (Fsp3) is 0.118. The lowest BCUT2D eigenvalue weighted by molar-refractivity contribution is 0.0600. The molecule has 26 heavy (non-hydrogen) atoms. The number of amides is 1. The fourth-order valence-electron chi connectivity index (χ4n) is 2.12. The van der Waals surface area contributed by atoms with Gasteiger partial charge in [-0.05, 0) is 31.2 Å². The van der Waals surface area contributed by atoms with Crippen LogP contribution in [0.3, 0.4) is 0 Å². The number of anilines is 3. The molecule has 0 aliphatic rings. The van der Waals surface area contributed by atoms with Crippen LogP contribution in [0.15, 0.2) is 47.1 Å². The van der Waals surface area contributed by atoms with Gasteiger partial charge in [-0.1, -0.05) is 11.2 Å². The Morgan fingerprint density at radius 1 is 1.19 bits per heavy atom. The van der Waals surface area contributed by atoms with E-state index in [0.29, 0.717) is 22.8 Å². The van der Waals surface area contributed by atoms with E-state index >= 15 is 0 Å². The zero-order valence-corrected chi connectivity index (χ0v) is 14.0. The number of hydrogen-bond donors (Lipinski definition) is 2. The first-order valence-electron chi connectivity index (χ1n) is 7.58. The number of rotatable bonds is 5. The van der Waals surface area contributed by atoms with Crippen molar-refractivity contribution in [2.45, 2.75) is 6.92 Å². The van der Waals surface area contributed by atoms with Gasteiger partial charge in [-0.25, -0.2) is 14.8 Å². The third-order valence-corrected chi connectivity index (χ3v) is 3.30. The van der Waals surface area contributed by atoms with Gasteiger partial charge in [0.1, 0.15) is 11.5 Å². The Balaban J connectivity index is 1.75. The second-order valence-electron chi connectivity index (χ2n) is 5.24. The summed E-state index contributed by atoms with van der Waals surface area (Å²) in [5.74, 6) is 0.177. The van der Waals surface area contributed by atoms with E-state index in [2.05, 4.69) is 30.5 Å². The largest absolute Gasteiger partial charge is 0.465 e. The third-order valence-electron chi connectivity index (χ3n) is 3.30. The standard InChI is InChI=1S/C17H15N5O4/c1-10-8-14(22-26-10)21-15(23)13-6-7-18-17(20-13)19-12-5-3-4-11(9-12)16(24)25-2/h3-9H,1-2H3,(H,18,19,20)(H,21,22,23). The monoisotopic (exact) mass is 353 g/mol. The molecule has 0 aliphatic heterocycles. The Morgan fingerprint density at radius 2 is 2.04 bits per heavy atom. The molecule has 2 aromatic heterocycles. The Labute approximate surface area is 148 Å². The second kappa shape index (κ2) is 7.43. The third kappa shape index (κ3) is 4.01. The molecule has 3 aromatic rings. The molecule has 0 radical (unpaired) electrons. The molecule has 1 amide bonds. The quantitative estimate of drug-likeness (QED) is 0.672. The second-order valence-corrected chi connectivity index (χ2v) is 5.24. The predicted octanol–water partition coefficient (Wildman–Crippen LogP) is 2.56. The molecule has 0 atom stereocenters. The topological polar surface area (TPSA) is 119 Å². The Bertz CT molecular complexity index is 954. The van der Waals surface area contributed by atoms with Gasteiger partial charge in [-0.3, -0.25) is 4.79 Å². The molecule has 9 nitrogen and oxygen atoms in total. The molecule has 2 heterocycles. The highest BCUT2D eigenvalue weighted by atomic mass is 16.5. The number of aryl methyl sites for hydroxylation is 1. The minimum Gasteiger partial charge on any atom is -0.465 e. The number of hydrogen-bond acceptors (Lipinski definition) is 8. The Kier molecular flexibility index (Phi) is 4.88. The van der Waals surface area contributed by atoms with Crippen molar-refractivity contribution < 1.29 is 18.8 Å². The molecule has 2 N–H and O–H groups in total. The van der Waals surface area contributed by atoms with Crippen molar-refractivity contribution in [3.8, 4) is 0 Å². The molecule has 3 rings (SSSR count). The van der Waals surface area contributed by atoms with Crippen LogP contribution < -0.4 is 10.6 Å². The summed E-state index contributed by atoms with van der Waals surface area (Å²) in [6.45, 7) is 1.72. The molecule has 132 valence electrons. The lowest BCUT2D eigenvalue weighted by Gasteiger charge is -2.07. The maximum Gasteiger partial charge on any atom is 0.337 e. The maximum absolute atomic E-state index is 12.2. The Morgan fingerprint density at radius 3 is 2.77 bits per heavy atom. The highest BCUT2D eigenvalue weighted by molar-refractivity contribution is 6.02. The van der Waals surface area contributed by atoms with Crippen LogP contribution in [0.2, 0.25) is 0 Å². The molecule has 0 spiro atoms. The normalized spacial score (nSPS) is 10.2. The highest BCUT2D eigenvalue weighted by Gasteiger charge is 2.12. The van der Waals surface area contributed by atoms with Gasteiger partial charge < -0.3 is 19.9 Å². The van der Waals surface area contributed by atoms with Gasteiger partial charge in [0, 0.05) is 18.0 Å². The van der Waals surface area contributed by atoms with Crippen molar-refractivity contribution in [3.63, 3.8) is 0 Å². The predicted molar refractivity (Wildman–Crippen MR) is 92.3 cm³/mol. The molecular weight excluding hydrogens is 338 g/mol. The molecule has 0 fully saturated rings. The Hall–Kier alpha value is -3.75. The fourth-order valence-corrected chi connectivity index (χ4v) is 2.12. The average molecular weight is 353 g/mol. The van der Waals surface area contributed by atoms with Crippen LogP contribution >= 0.6 is 0 Å². The molecule has 0 saturated heterocycles. The SMILES string of the molecule is COC(=O)c1cccc(Nc2nccc(C(=O)Nc3cc(C)on3)n2)c1. The van der Waals surface area contributed by atoms with Crippen molar-refractivity contribution in [1.82, 2.24) is 15.1 Å². The number of carbonyl (C=O) groups excluding carboxylic acids is 2. The molecule has 9 heteroatoms. The summed E-state index contributed by atoms with van der Waals surface area (Å²) < 4.78 is 9.58. The van der Waals surface area contributed by atoms with Gasteiger partial charge in [-0.2, -0.15) is 0 Å². The number of esters is 1. The molecule has 0 unspecified atom stereocenters. The number of carbonyl (C=O) groups is 2. The van der Waals surface area contributed by atoms with Gasteiger partial charge in [0.2, 0.25) is 5.95 Å². The lowest BCUT2D eigenvalue weighted by atomic mass is 10.2. The zero-order chi connectivity index (χ0) is 18.5. The zero-order valence-electron chi connectivity index (χ0n) is 14.0. The van der Waals surface area contributed by atoms with Crippen LogP contribution in [0.5, 0.6) is 0 Å². The number of benzene rings is 1. The minimum atomic E-state index is -0.453. The van der Waals surface area contributed by atoms with Crippen molar-refractivity contribution >= 4 is 29.3 Å². The van der Waals surface area contributed by atoms with Crippen molar-refractivity contribution in [3.05, 3.63) is 59.6 Å². The molecule has 1 aromatic carbocycles. The van der Waals surface area contributed by atoms with E-state index in [4.69, 9.17) is 4.52 Å². The maximum atomic E-state index is 12.2. The summed E-state index contributed by atoms with van der Waals surface area (Å²) in [5, 5.41) is 9.22. The van der Waals surface area contributed by atoms with E-state index in [9.17, 15) is 9.59 Å². The van der Waals surface area contributed by atoms with Crippen molar-refractivity contribution in [2.24, 2.45) is 0 Å². The number of nitrogens with zero attached hydrogens (tertiary/aromatic N) is 3. The van der Waals surface area contributed by atoms with Crippen molar-refractivity contribution in [1.29, 1.82) is 0 Å². The van der Waals surface area contributed by atoms with E-state index in [0.717, 1.165) is 0 Å². The van der Waals surface area contributed by atoms with Gasteiger partial charge in [0.15, 0.2) is 5.82 Å². The van der Waals surface area contributed by atoms with Crippen LogP contribution in [0.1, 0.15) is 26.6 Å². The lowest BCUT2D eigenvalue weighted by Crippen LogP contribution is -2.15. The summed E-state index contributed by atoms with van der Waals surface area (Å²) >= 11 is 0. The molecule has 0 aliphatic carbocycles. The van der Waals surface area contributed by atoms with Gasteiger partial charge >= 0.3 is 5.97 Å². The van der Waals surface area contributed by atoms with Crippen LogP contribution in [-0.4, -0.2) is 34.1 Å². The van der Waals surface area contributed by atoms with E-state index in [1.165, 1.54) is 19.4 Å². The first-order valence-corrected chi connectivity index (χ1v) is 7.58. The van der Waals surface area contributed by atoms with Crippen LogP contribution in [0, 0.1) is 6.92 Å². The summed E-state index contributed by atoms with van der Waals surface area (Å²) in [7, 11) is 1.31.